The highest BCUT2D eigenvalue weighted by Gasteiger charge is 2.44. The van der Waals surface area contributed by atoms with Crippen molar-refractivity contribution in [1.82, 2.24) is 5.32 Å². The molecule has 0 radical (unpaired) electrons. The third kappa shape index (κ3) is 1.11. The van der Waals surface area contributed by atoms with E-state index in [0.717, 1.165) is 5.57 Å². The predicted molar refractivity (Wildman–Crippen MR) is 45.8 cm³/mol. The summed E-state index contributed by atoms with van der Waals surface area (Å²) in [6.07, 6.45) is -1.32. The minimum absolute atomic E-state index is 0.0161. The van der Waals surface area contributed by atoms with Crippen molar-refractivity contribution in [3.05, 3.63) is 11.3 Å². The Balaban J connectivity index is 2.31. The van der Waals surface area contributed by atoms with Gasteiger partial charge in [-0.1, -0.05) is 6.92 Å². The number of rotatable bonds is 0. The van der Waals surface area contributed by atoms with Crippen molar-refractivity contribution in [2.24, 2.45) is 5.92 Å². The summed E-state index contributed by atoms with van der Waals surface area (Å²) in [7, 11) is 0. The van der Waals surface area contributed by atoms with E-state index in [4.69, 9.17) is 14.7 Å². The van der Waals surface area contributed by atoms with Crippen molar-refractivity contribution in [3.63, 3.8) is 0 Å². The van der Waals surface area contributed by atoms with Crippen LogP contribution in [0.2, 0.25) is 0 Å². The summed E-state index contributed by atoms with van der Waals surface area (Å²) < 4.78 is 10.3. The molecule has 0 aromatic heterocycles. The first-order valence-electron chi connectivity index (χ1n) is 4.38. The van der Waals surface area contributed by atoms with Gasteiger partial charge >= 0.3 is 6.09 Å². The second-order valence-electron chi connectivity index (χ2n) is 3.47. The lowest BCUT2D eigenvalue weighted by molar-refractivity contribution is -0.00521. The zero-order valence-electron chi connectivity index (χ0n) is 7.90. The van der Waals surface area contributed by atoms with Gasteiger partial charge < -0.3 is 9.47 Å². The zero-order chi connectivity index (χ0) is 10.3. The maximum Gasteiger partial charge on any atom is 0.410 e. The highest BCUT2D eigenvalue weighted by molar-refractivity contribution is 5.70. The SMILES string of the molecule is CC1=C(C#N)O[C@@H]2NC(=O)O[C@@H]2[C@@H]1C. The number of hydrogen-bond acceptors (Lipinski definition) is 4. The van der Waals surface area contributed by atoms with Crippen molar-refractivity contribution >= 4 is 6.09 Å². The Labute approximate surface area is 81.3 Å². The van der Waals surface area contributed by atoms with Crippen LogP contribution in [0.5, 0.6) is 0 Å². The molecule has 1 amide bonds. The van der Waals surface area contributed by atoms with Gasteiger partial charge in [0.25, 0.3) is 0 Å². The van der Waals surface area contributed by atoms with Crippen molar-refractivity contribution < 1.29 is 14.3 Å². The highest BCUT2D eigenvalue weighted by atomic mass is 16.6. The van der Waals surface area contributed by atoms with Crippen LogP contribution in [0.4, 0.5) is 4.79 Å². The van der Waals surface area contributed by atoms with Gasteiger partial charge in [-0.05, 0) is 12.5 Å². The van der Waals surface area contributed by atoms with E-state index in [1.807, 2.05) is 19.9 Å². The van der Waals surface area contributed by atoms with Crippen molar-refractivity contribution in [3.8, 4) is 6.07 Å². The highest BCUT2D eigenvalue weighted by Crippen LogP contribution is 2.32. The summed E-state index contributed by atoms with van der Waals surface area (Å²) in [5.74, 6) is 0.298. The molecular formula is C9H10N2O3. The van der Waals surface area contributed by atoms with Crippen LogP contribution >= 0.6 is 0 Å². The molecule has 3 atom stereocenters. The van der Waals surface area contributed by atoms with Gasteiger partial charge in [-0.2, -0.15) is 5.26 Å². The molecule has 0 saturated carbocycles. The third-order valence-electron chi connectivity index (χ3n) is 2.68. The molecule has 2 rings (SSSR count). The second kappa shape index (κ2) is 2.91. The average Bonchev–Trinajstić information content (AvgIpc) is 2.52. The normalized spacial score (nSPS) is 35.2. The van der Waals surface area contributed by atoms with E-state index < -0.39 is 12.3 Å². The van der Waals surface area contributed by atoms with Gasteiger partial charge in [0.05, 0.1) is 0 Å². The Bertz CT molecular complexity index is 356. The first-order chi connectivity index (χ1) is 6.63. The van der Waals surface area contributed by atoms with Crippen molar-refractivity contribution in [2.45, 2.75) is 26.2 Å². The molecule has 2 aliphatic heterocycles. The summed E-state index contributed by atoms with van der Waals surface area (Å²) in [4.78, 5) is 10.9. The van der Waals surface area contributed by atoms with E-state index in [9.17, 15) is 4.79 Å². The lowest BCUT2D eigenvalue weighted by Gasteiger charge is -2.29. The first kappa shape index (κ1) is 8.88. The summed E-state index contributed by atoms with van der Waals surface area (Å²) in [5.41, 5.74) is 0.824. The van der Waals surface area contributed by atoms with Crippen LogP contribution in [-0.2, 0) is 9.47 Å². The number of ether oxygens (including phenoxy) is 2. The number of fused-ring (bicyclic) bond motifs is 1. The van der Waals surface area contributed by atoms with Gasteiger partial charge in [0.2, 0.25) is 6.23 Å². The van der Waals surface area contributed by atoms with Crippen LogP contribution in [0.25, 0.3) is 0 Å². The molecule has 0 aromatic rings. The number of amides is 1. The fourth-order valence-electron chi connectivity index (χ4n) is 1.67. The number of carbonyl (C=O) groups is 1. The van der Waals surface area contributed by atoms with Crippen molar-refractivity contribution in [2.75, 3.05) is 0 Å². The van der Waals surface area contributed by atoms with Gasteiger partial charge in [0.15, 0.2) is 11.9 Å². The molecule has 5 heteroatoms. The average molecular weight is 194 g/mol. The number of nitrogens with zero attached hydrogens (tertiary/aromatic N) is 1. The molecule has 0 spiro atoms. The van der Waals surface area contributed by atoms with E-state index in [-0.39, 0.29) is 17.8 Å². The number of nitriles is 1. The van der Waals surface area contributed by atoms with Crippen molar-refractivity contribution in [1.29, 1.82) is 5.26 Å². The van der Waals surface area contributed by atoms with Gasteiger partial charge in [-0.25, -0.2) is 4.79 Å². The summed E-state index contributed by atoms with van der Waals surface area (Å²) in [6, 6.07) is 1.96. The smallest absolute Gasteiger partial charge is 0.410 e. The standard InChI is InChI=1S/C9H10N2O3/c1-4-5(2)7-8(11-9(12)14-7)13-6(4)3-10/h5,7-8H,1-2H3,(H,11,12)/t5-,7-,8+/m1/s1. The Morgan fingerprint density at radius 1 is 1.50 bits per heavy atom. The van der Waals surface area contributed by atoms with Crippen LogP contribution < -0.4 is 5.32 Å². The summed E-state index contributed by atoms with van der Waals surface area (Å²) >= 11 is 0. The Morgan fingerprint density at radius 3 is 2.86 bits per heavy atom. The van der Waals surface area contributed by atoms with E-state index in [1.54, 1.807) is 0 Å². The minimum Gasteiger partial charge on any atom is -0.456 e. The third-order valence-corrected chi connectivity index (χ3v) is 2.68. The summed E-state index contributed by atoms with van der Waals surface area (Å²) in [6.45, 7) is 3.72. The van der Waals surface area contributed by atoms with Gasteiger partial charge in [0.1, 0.15) is 6.07 Å². The number of nitrogens with one attached hydrogen (secondary N) is 1. The van der Waals surface area contributed by atoms with E-state index in [2.05, 4.69) is 5.32 Å². The van der Waals surface area contributed by atoms with Crippen LogP contribution in [-0.4, -0.2) is 18.4 Å². The molecule has 0 aromatic carbocycles. The lowest BCUT2D eigenvalue weighted by atomic mass is 9.92. The Hall–Kier alpha value is -1.70. The topological polar surface area (TPSA) is 71.3 Å². The molecule has 74 valence electrons. The van der Waals surface area contributed by atoms with E-state index >= 15 is 0 Å². The van der Waals surface area contributed by atoms with Crippen LogP contribution in [0.1, 0.15) is 13.8 Å². The number of allylic oxidation sites excluding steroid dienone is 1. The monoisotopic (exact) mass is 194 g/mol. The molecule has 1 saturated heterocycles. The molecular weight excluding hydrogens is 184 g/mol. The van der Waals surface area contributed by atoms with Gasteiger partial charge in [0, 0.05) is 5.92 Å². The zero-order valence-corrected chi connectivity index (χ0v) is 7.90. The molecule has 1 fully saturated rings. The molecule has 0 unspecified atom stereocenters. The maximum atomic E-state index is 10.9. The van der Waals surface area contributed by atoms with E-state index in [1.165, 1.54) is 0 Å². The number of alkyl carbamates (subject to hydrolysis) is 1. The first-order valence-corrected chi connectivity index (χ1v) is 4.38. The Morgan fingerprint density at radius 2 is 2.21 bits per heavy atom. The minimum atomic E-state index is -0.518. The van der Waals surface area contributed by atoms with E-state index in [0.29, 0.717) is 0 Å². The lowest BCUT2D eigenvalue weighted by Crippen LogP contribution is -2.41. The molecule has 14 heavy (non-hydrogen) atoms. The Kier molecular flexibility index (Phi) is 1.84. The maximum absolute atomic E-state index is 10.9. The van der Waals surface area contributed by atoms with Gasteiger partial charge in [-0.15, -0.1) is 0 Å². The van der Waals surface area contributed by atoms with Crippen LogP contribution in [0.3, 0.4) is 0 Å². The predicted octanol–water partition coefficient (Wildman–Crippen LogP) is 0.885. The molecule has 2 aliphatic rings. The summed E-state index contributed by atoms with van der Waals surface area (Å²) in [5, 5.41) is 11.3. The molecule has 0 bridgehead atoms. The van der Waals surface area contributed by atoms with Gasteiger partial charge in [-0.3, -0.25) is 5.32 Å². The number of carbonyl (C=O) groups excluding carboxylic acids is 1. The quantitative estimate of drug-likeness (QED) is 0.621. The fraction of sp³-hybridized carbons (Fsp3) is 0.556. The molecule has 0 aliphatic carbocycles. The number of hydrogen-bond donors (Lipinski definition) is 1. The van der Waals surface area contributed by atoms with Crippen LogP contribution in [0, 0.1) is 17.2 Å². The molecule has 5 nitrogen and oxygen atoms in total. The fourth-order valence-corrected chi connectivity index (χ4v) is 1.67. The molecule has 1 N–H and O–H groups in total. The largest absolute Gasteiger partial charge is 0.456 e. The van der Waals surface area contributed by atoms with Crippen LogP contribution in [0.15, 0.2) is 11.3 Å². The molecule has 2 heterocycles. The second-order valence-corrected chi connectivity index (χ2v) is 3.47.